The molecule has 120 valence electrons. The van der Waals surface area contributed by atoms with E-state index in [1.165, 1.54) is 12.1 Å². The lowest BCUT2D eigenvalue weighted by Crippen LogP contribution is -2.24. The molecule has 0 spiro atoms. The van der Waals surface area contributed by atoms with E-state index in [2.05, 4.69) is 15.9 Å². The van der Waals surface area contributed by atoms with Crippen molar-refractivity contribution in [3.05, 3.63) is 51.1 Å². The standard InChI is InChI=1S/C14H10BrFN2O5/c15-4-5-2-1-3-6(16)7(5)8-9(13(20)21)11(17)18-12(19)10(8)14(22)23/h1-3H,4H2,(H,20,21)(H,22,23)(H3,17,18,19). The van der Waals surface area contributed by atoms with Gasteiger partial charge >= 0.3 is 11.9 Å². The van der Waals surface area contributed by atoms with Crippen LogP contribution in [-0.2, 0) is 5.33 Å². The number of nitrogen functional groups attached to an aromatic ring is 1. The average molecular weight is 385 g/mol. The van der Waals surface area contributed by atoms with Crippen LogP contribution in [-0.4, -0.2) is 27.1 Å². The fourth-order valence-corrected chi connectivity index (χ4v) is 2.72. The Morgan fingerprint density at radius 2 is 1.78 bits per heavy atom. The molecule has 0 amide bonds. The summed E-state index contributed by atoms with van der Waals surface area (Å²) in [7, 11) is 0. The Morgan fingerprint density at radius 1 is 1.17 bits per heavy atom. The zero-order valence-electron chi connectivity index (χ0n) is 11.4. The highest BCUT2D eigenvalue weighted by Gasteiger charge is 2.29. The number of aromatic carboxylic acids is 2. The molecule has 0 radical (unpaired) electrons. The third-order valence-electron chi connectivity index (χ3n) is 3.17. The minimum atomic E-state index is -1.69. The highest BCUT2D eigenvalue weighted by Crippen LogP contribution is 2.34. The summed E-state index contributed by atoms with van der Waals surface area (Å²) in [5.41, 5.74) is 2.26. The highest BCUT2D eigenvalue weighted by atomic mass is 79.9. The Labute approximate surface area is 136 Å². The van der Waals surface area contributed by atoms with Gasteiger partial charge in [0.15, 0.2) is 0 Å². The molecule has 0 atom stereocenters. The van der Waals surface area contributed by atoms with Gasteiger partial charge in [0.2, 0.25) is 0 Å². The number of pyridine rings is 1. The van der Waals surface area contributed by atoms with Gasteiger partial charge in [-0.2, -0.15) is 0 Å². The molecule has 2 aromatic rings. The number of benzene rings is 1. The molecule has 9 heteroatoms. The molecule has 23 heavy (non-hydrogen) atoms. The minimum absolute atomic E-state index is 0.116. The average Bonchev–Trinajstić information content (AvgIpc) is 2.44. The highest BCUT2D eigenvalue weighted by molar-refractivity contribution is 9.08. The van der Waals surface area contributed by atoms with Gasteiger partial charge in [-0.05, 0) is 11.6 Å². The van der Waals surface area contributed by atoms with Crippen molar-refractivity contribution in [2.75, 3.05) is 5.73 Å². The van der Waals surface area contributed by atoms with Crippen LogP contribution in [0, 0.1) is 5.82 Å². The van der Waals surface area contributed by atoms with E-state index in [1.54, 1.807) is 0 Å². The van der Waals surface area contributed by atoms with Crippen LogP contribution in [0.3, 0.4) is 0 Å². The topological polar surface area (TPSA) is 133 Å². The minimum Gasteiger partial charge on any atom is -0.478 e. The first-order valence-corrected chi connectivity index (χ1v) is 7.27. The molecule has 0 fully saturated rings. The van der Waals surface area contributed by atoms with E-state index in [0.717, 1.165) is 6.07 Å². The van der Waals surface area contributed by atoms with Crippen LogP contribution in [0.5, 0.6) is 0 Å². The van der Waals surface area contributed by atoms with E-state index in [-0.39, 0.29) is 16.5 Å². The summed E-state index contributed by atoms with van der Waals surface area (Å²) in [5.74, 6) is -4.68. The molecule has 0 aliphatic heterocycles. The van der Waals surface area contributed by atoms with E-state index in [4.69, 9.17) is 5.73 Å². The molecule has 0 unspecified atom stereocenters. The van der Waals surface area contributed by atoms with Gasteiger partial charge in [0.1, 0.15) is 22.8 Å². The van der Waals surface area contributed by atoms with E-state index in [0.29, 0.717) is 0 Å². The Kier molecular flexibility index (Phi) is 4.50. The van der Waals surface area contributed by atoms with E-state index >= 15 is 0 Å². The van der Waals surface area contributed by atoms with Gasteiger partial charge in [-0.25, -0.2) is 14.0 Å². The number of alkyl halides is 1. The maximum atomic E-state index is 14.3. The lowest BCUT2D eigenvalue weighted by atomic mass is 9.92. The monoisotopic (exact) mass is 384 g/mol. The first-order valence-electron chi connectivity index (χ1n) is 6.15. The van der Waals surface area contributed by atoms with Crippen LogP contribution in [0.2, 0.25) is 0 Å². The van der Waals surface area contributed by atoms with Gasteiger partial charge in [0.05, 0.1) is 0 Å². The Bertz CT molecular complexity index is 878. The van der Waals surface area contributed by atoms with Crippen molar-refractivity contribution in [1.82, 2.24) is 4.98 Å². The number of carboxylic acid groups (broad SMARTS) is 2. The smallest absolute Gasteiger partial charge is 0.342 e. The number of anilines is 1. The van der Waals surface area contributed by atoms with Crippen LogP contribution in [0.15, 0.2) is 23.0 Å². The summed E-state index contributed by atoms with van der Waals surface area (Å²) in [6, 6.07) is 3.89. The van der Waals surface area contributed by atoms with Crippen LogP contribution in [0.4, 0.5) is 10.2 Å². The van der Waals surface area contributed by atoms with Gasteiger partial charge in [-0.15, -0.1) is 0 Å². The van der Waals surface area contributed by atoms with Crippen molar-refractivity contribution in [2.24, 2.45) is 0 Å². The van der Waals surface area contributed by atoms with Crippen molar-refractivity contribution in [3.63, 3.8) is 0 Å². The molecule has 2 rings (SSSR count). The van der Waals surface area contributed by atoms with Gasteiger partial charge in [-0.1, -0.05) is 28.1 Å². The predicted octanol–water partition coefficient (Wildman–Crippen LogP) is 2.05. The normalized spacial score (nSPS) is 10.5. The third kappa shape index (κ3) is 2.82. The molecule has 0 aliphatic carbocycles. The Hall–Kier alpha value is -2.68. The van der Waals surface area contributed by atoms with E-state index < -0.39 is 45.8 Å². The lowest BCUT2D eigenvalue weighted by Gasteiger charge is -2.15. The first kappa shape index (κ1) is 16.7. The number of aromatic nitrogens is 1. The van der Waals surface area contributed by atoms with Gasteiger partial charge in [0, 0.05) is 16.5 Å². The number of aromatic amines is 1. The third-order valence-corrected chi connectivity index (χ3v) is 3.77. The van der Waals surface area contributed by atoms with Crippen molar-refractivity contribution in [1.29, 1.82) is 0 Å². The molecule has 1 aromatic heterocycles. The number of H-pyrrole nitrogens is 1. The Morgan fingerprint density at radius 3 is 2.30 bits per heavy atom. The summed E-state index contributed by atoms with van der Waals surface area (Å²) in [6.07, 6.45) is 0. The van der Waals surface area contributed by atoms with Crippen molar-refractivity contribution in [3.8, 4) is 11.1 Å². The first-order chi connectivity index (χ1) is 10.8. The van der Waals surface area contributed by atoms with Crippen LogP contribution >= 0.6 is 15.9 Å². The number of rotatable bonds is 4. The number of nitrogens with two attached hydrogens (primary N) is 1. The molecule has 1 aromatic carbocycles. The number of carboxylic acids is 2. The van der Waals surface area contributed by atoms with Crippen molar-refractivity contribution >= 4 is 33.7 Å². The molecule has 0 bridgehead atoms. The van der Waals surface area contributed by atoms with Gasteiger partial charge in [0.25, 0.3) is 5.56 Å². The number of nitrogens with one attached hydrogen (secondary N) is 1. The van der Waals surface area contributed by atoms with E-state index in [9.17, 15) is 29.0 Å². The lowest BCUT2D eigenvalue weighted by molar-refractivity contribution is 0.0695. The molecule has 0 saturated carbocycles. The zero-order chi connectivity index (χ0) is 17.3. The number of hydrogen-bond donors (Lipinski definition) is 4. The summed E-state index contributed by atoms with van der Waals surface area (Å²) in [4.78, 5) is 36.8. The largest absolute Gasteiger partial charge is 0.478 e. The number of hydrogen-bond acceptors (Lipinski definition) is 4. The molecule has 7 nitrogen and oxygen atoms in total. The molecular formula is C14H10BrFN2O5. The maximum Gasteiger partial charge on any atom is 0.342 e. The number of carbonyl (C=O) groups is 2. The second-order valence-corrected chi connectivity index (χ2v) is 5.07. The molecule has 1 heterocycles. The number of halogens is 2. The van der Waals surface area contributed by atoms with Crippen molar-refractivity contribution in [2.45, 2.75) is 5.33 Å². The second-order valence-electron chi connectivity index (χ2n) is 4.51. The van der Waals surface area contributed by atoms with Crippen LogP contribution in [0.1, 0.15) is 26.3 Å². The fourth-order valence-electron chi connectivity index (χ4n) is 2.26. The van der Waals surface area contributed by atoms with Crippen LogP contribution < -0.4 is 11.3 Å². The SMILES string of the molecule is Nc1[nH]c(=O)c(C(=O)O)c(-c2c(F)cccc2CBr)c1C(=O)O. The fraction of sp³-hybridized carbons (Fsp3) is 0.0714. The zero-order valence-corrected chi connectivity index (χ0v) is 13.0. The predicted molar refractivity (Wildman–Crippen MR) is 83.4 cm³/mol. The van der Waals surface area contributed by atoms with Gasteiger partial charge < -0.3 is 20.9 Å². The molecule has 0 saturated heterocycles. The molecule has 0 aliphatic rings. The molecular weight excluding hydrogens is 375 g/mol. The summed E-state index contributed by atoms with van der Waals surface area (Å²) < 4.78 is 14.3. The summed E-state index contributed by atoms with van der Waals surface area (Å²) >= 11 is 3.12. The van der Waals surface area contributed by atoms with E-state index in [1.807, 2.05) is 4.98 Å². The molecule has 5 N–H and O–H groups in total. The van der Waals surface area contributed by atoms with Crippen molar-refractivity contribution < 1.29 is 24.2 Å². The quantitative estimate of drug-likeness (QED) is 0.596. The maximum absolute atomic E-state index is 14.3. The van der Waals surface area contributed by atoms with Gasteiger partial charge in [-0.3, -0.25) is 4.79 Å². The van der Waals surface area contributed by atoms with Crippen LogP contribution in [0.25, 0.3) is 11.1 Å². The summed E-state index contributed by atoms with van der Waals surface area (Å²) in [6.45, 7) is 0. The second kappa shape index (κ2) is 6.21. The summed E-state index contributed by atoms with van der Waals surface area (Å²) in [5, 5.41) is 18.7. The Balaban J connectivity index is 3.10.